The van der Waals surface area contributed by atoms with Crippen molar-refractivity contribution in [2.24, 2.45) is 0 Å². The van der Waals surface area contributed by atoms with Gasteiger partial charge in [0.15, 0.2) is 17.4 Å². The average molecular weight is 422 g/mol. The number of furan rings is 1. The molecule has 1 aliphatic rings. The third-order valence-corrected chi connectivity index (χ3v) is 5.27. The van der Waals surface area contributed by atoms with E-state index in [0.717, 1.165) is 5.39 Å². The third kappa shape index (κ3) is 4.21. The number of rotatable bonds is 7. The van der Waals surface area contributed by atoms with E-state index in [4.69, 9.17) is 13.9 Å². The fourth-order valence-electron chi connectivity index (χ4n) is 3.73. The lowest BCUT2D eigenvalue weighted by Gasteiger charge is -2.32. The minimum atomic E-state index is -0.577. The first-order chi connectivity index (χ1) is 15.0. The monoisotopic (exact) mass is 422 g/mol. The second-order valence-electron chi connectivity index (χ2n) is 7.51. The van der Waals surface area contributed by atoms with Crippen molar-refractivity contribution in [2.45, 2.75) is 39.3 Å². The van der Waals surface area contributed by atoms with Crippen molar-refractivity contribution in [3.63, 3.8) is 0 Å². The van der Waals surface area contributed by atoms with Gasteiger partial charge >= 0.3 is 0 Å². The number of fused-ring (bicyclic) bond motifs is 2. The normalized spacial score (nSPS) is 16.5. The summed E-state index contributed by atoms with van der Waals surface area (Å²) in [5.41, 5.74) is 1.36. The Morgan fingerprint density at radius 2 is 2.03 bits per heavy atom. The van der Waals surface area contributed by atoms with E-state index in [9.17, 15) is 9.59 Å². The Bertz CT molecular complexity index is 1110. The van der Waals surface area contributed by atoms with E-state index in [-0.39, 0.29) is 30.8 Å². The van der Waals surface area contributed by atoms with Crippen LogP contribution in [0.2, 0.25) is 0 Å². The Morgan fingerprint density at radius 1 is 1.23 bits per heavy atom. The minimum Gasteiger partial charge on any atom is -0.490 e. The fraction of sp³-hybridized carbons (Fsp3) is 0.333. The highest BCUT2D eigenvalue weighted by Crippen LogP contribution is 2.34. The summed E-state index contributed by atoms with van der Waals surface area (Å²) < 4.78 is 17.2. The molecule has 7 heteroatoms. The number of hydrogen-bond donors (Lipinski definition) is 1. The molecule has 0 fully saturated rings. The molecule has 2 aromatic carbocycles. The van der Waals surface area contributed by atoms with Crippen molar-refractivity contribution in [1.82, 2.24) is 5.32 Å². The molecule has 7 nitrogen and oxygen atoms in total. The molecule has 2 heterocycles. The van der Waals surface area contributed by atoms with Crippen LogP contribution in [0.1, 0.15) is 39.0 Å². The summed E-state index contributed by atoms with van der Waals surface area (Å²) in [4.78, 5) is 26.8. The predicted molar refractivity (Wildman–Crippen MR) is 117 cm³/mol. The third-order valence-electron chi connectivity index (χ3n) is 5.27. The van der Waals surface area contributed by atoms with Gasteiger partial charge in [0.1, 0.15) is 11.5 Å². The Balaban J connectivity index is 1.42. The molecule has 162 valence electrons. The number of nitrogens with one attached hydrogen (secondary N) is 1. The number of benzene rings is 2. The summed E-state index contributed by atoms with van der Waals surface area (Å²) in [6, 6.07) is 14.7. The van der Waals surface area contributed by atoms with Crippen LogP contribution >= 0.6 is 0 Å². The summed E-state index contributed by atoms with van der Waals surface area (Å²) >= 11 is 0. The molecule has 1 aromatic heterocycles. The van der Waals surface area contributed by atoms with Gasteiger partial charge in [-0.25, -0.2) is 0 Å². The molecule has 0 saturated heterocycles. The van der Waals surface area contributed by atoms with Crippen molar-refractivity contribution in [3.05, 3.63) is 54.3 Å². The summed E-state index contributed by atoms with van der Waals surface area (Å²) in [5.74, 6) is 1.67. The van der Waals surface area contributed by atoms with Crippen LogP contribution in [0, 0.1) is 0 Å². The largest absolute Gasteiger partial charge is 0.490 e. The first-order valence-corrected chi connectivity index (χ1v) is 10.5. The van der Waals surface area contributed by atoms with Gasteiger partial charge in [0.2, 0.25) is 5.91 Å². The van der Waals surface area contributed by atoms with E-state index in [2.05, 4.69) is 5.32 Å². The van der Waals surface area contributed by atoms with Crippen molar-refractivity contribution in [3.8, 4) is 11.5 Å². The highest BCUT2D eigenvalue weighted by Gasteiger charge is 2.31. The molecular formula is C24H26N2O5. The second-order valence-corrected chi connectivity index (χ2v) is 7.51. The van der Waals surface area contributed by atoms with Gasteiger partial charge in [-0.1, -0.05) is 24.3 Å². The highest BCUT2D eigenvalue weighted by atomic mass is 16.5. The quantitative estimate of drug-likeness (QED) is 0.617. The maximum absolute atomic E-state index is 12.6. The summed E-state index contributed by atoms with van der Waals surface area (Å²) in [6.07, 6.45) is -0.409. The van der Waals surface area contributed by atoms with Gasteiger partial charge in [0.25, 0.3) is 5.91 Å². The SMILES string of the molecule is CCOc1cccc2cc(C(C)NC(=O)CCN3C(=O)C(C)Oc4ccccc43)oc12. The first-order valence-electron chi connectivity index (χ1n) is 10.5. The highest BCUT2D eigenvalue weighted by molar-refractivity contribution is 6.00. The van der Waals surface area contributed by atoms with Crippen LogP contribution in [-0.4, -0.2) is 31.1 Å². The molecule has 0 saturated carbocycles. The Morgan fingerprint density at radius 3 is 2.84 bits per heavy atom. The molecule has 0 bridgehead atoms. The zero-order chi connectivity index (χ0) is 22.0. The summed E-state index contributed by atoms with van der Waals surface area (Å²) in [5, 5.41) is 3.88. The predicted octanol–water partition coefficient (Wildman–Crippen LogP) is 4.21. The Labute approximate surface area is 180 Å². The van der Waals surface area contributed by atoms with E-state index >= 15 is 0 Å². The molecule has 4 rings (SSSR count). The molecule has 1 aliphatic heterocycles. The van der Waals surface area contributed by atoms with Gasteiger partial charge in [-0.3, -0.25) is 9.59 Å². The fourth-order valence-corrected chi connectivity index (χ4v) is 3.73. The van der Waals surface area contributed by atoms with Crippen molar-refractivity contribution in [1.29, 1.82) is 0 Å². The second kappa shape index (κ2) is 8.71. The number of para-hydroxylation sites is 3. The van der Waals surface area contributed by atoms with Gasteiger partial charge in [-0.05, 0) is 45.0 Å². The number of nitrogens with zero attached hydrogens (tertiary/aromatic N) is 1. The van der Waals surface area contributed by atoms with E-state index in [1.807, 2.05) is 62.4 Å². The molecular weight excluding hydrogens is 396 g/mol. The topological polar surface area (TPSA) is 81.0 Å². The standard InChI is InChI=1S/C24H26N2O5/c1-4-29-20-11-7-8-17-14-21(31-23(17)20)15(2)25-22(27)12-13-26-18-9-5-6-10-19(18)30-16(3)24(26)28/h5-11,14-16H,4,12-13H2,1-3H3,(H,25,27). The number of carbonyl (C=O) groups excluding carboxylic acids is 2. The number of amides is 2. The smallest absolute Gasteiger partial charge is 0.267 e. The van der Waals surface area contributed by atoms with Gasteiger partial charge in [-0.2, -0.15) is 0 Å². The van der Waals surface area contributed by atoms with Gasteiger partial charge in [0, 0.05) is 18.4 Å². The zero-order valence-corrected chi connectivity index (χ0v) is 17.9. The van der Waals surface area contributed by atoms with Crippen LogP contribution in [0.3, 0.4) is 0 Å². The van der Waals surface area contributed by atoms with Crippen molar-refractivity contribution >= 4 is 28.5 Å². The molecule has 0 spiro atoms. The van der Waals surface area contributed by atoms with E-state index < -0.39 is 6.10 Å². The Hall–Kier alpha value is -3.48. The van der Waals surface area contributed by atoms with Gasteiger partial charge < -0.3 is 24.1 Å². The number of ether oxygens (including phenoxy) is 2. The lowest BCUT2D eigenvalue weighted by Crippen LogP contribution is -2.45. The van der Waals surface area contributed by atoms with E-state index in [1.54, 1.807) is 11.8 Å². The molecule has 1 N–H and O–H groups in total. The van der Waals surface area contributed by atoms with Crippen molar-refractivity contribution in [2.75, 3.05) is 18.1 Å². The molecule has 2 amide bonds. The number of carbonyl (C=O) groups is 2. The molecule has 2 atom stereocenters. The molecule has 31 heavy (non-hydrogen) atoms. The van der Waals surface area contributed by atoms with Crippen LogP contribution in [-0.2, 0) is 9.59 Å². The summed E-state index contributed by atoms with van der Waals surface area (Å²) in [7, 11) is 0. The van der Waals surface area contributed by atoms with Gasteiger partial charge in [-0.15, -0.1) is 0 Å². The van der Waals surface area contributed by atoms with Gasteiger partial charge in [0.05, 0.1) is 18.3 Å². The molecule has 2 unspecified atom stereocenters. The Kier molecular flexibility index (Phi) is 5.84. The molecule has 3 aromatic rings. The first kappa shape index (κ1) is 20.8. The molecule has 0 aliphatic carbocycles. The number of hydrogen-bond acceptors (Lipinski definition) is 5. The van der Waals surface area contributed by atoms with Crippen LogP contribution in [0.15, 0.2) is 52.9 Å². The zero-order valence-electron chi connectivity index (χ0n) is 17.9. The van der Waals surface area contributed by atoms with E-state index in [1.165, 1.54) is 0 Å². The summed E-state index contributed by atoms with van der Waals surface area (Å²) in [6.45, 7) is 6.32. The average Bonchev–Trinajstić information content (AvgIpc) is 3.20. The number of anilines is 1. The van der Waals surface area contributed by atoms with Crippen molar-refractivity contribution < 1.29 is 23.5 Å². The lowest BCUT2D eigenvalue weighted by atomic mass is 10.1. The van der Waals surface area contributed by atoms with Crippen LogP contribution < -0.4 is 19.7 Å². The van der Waals surface area contributed by atoms with E-state index in [0.29, 0.717) is 35.1 Å². The van der Waals surface area contributed by atoms with Crippen LogP contribution in [0.25, 0.3) is 11.0 Å². The maximum Gasteiger partial charge on any atom is 0.267 e. The maximum atomic E-state index is 12.6. The van der Waals surface area contributed by atoms with Crippen LogP contribution in [0.4, 0.5) is 5.69 Å². The molecule has 0 radical (unpaired) electrons. The lowest BCUT2D eigenvalue weighted by molar-refractivity contribution is -0.125. The minimum absolute atomic E-state index is 0.153. The van der Waals surface area contributed by atoms with Crippen LogP contribution in [0.5, 0.6) is 11.5 Å².